The van der Waals surface area contributed by atoms with Crippen LogP contribution < -0.4 is 11.0 Å². The number of hydrogen-bond acceptors (Lipinski definition) is 5. The molecule has 0 spiro atoms. The van der Waals surface area contributed by atoms with Crippen molar-refractivity contribution in [1.82, 2.24) is 24.8 Å². The Kier molecular flexibility index (Phi) is 5.90. The zero-order chi connectivity index (χ0) is 17.5. The summed E-state index contributed by atoms with van der Waals surface area (Å²) >= 11 is 0. The van der Waals surface area contributed by atoms with Crippen LogP contribution in [0.3, 0.4) is 0 Å². The fourth-order valence-electron chi connectivity index (χ4n) is 3.19. The highest BCUT2D eigenvalue weighted by atomic mass is 16.2. The van der Waals surface area contributed by atoms with Crippen LogP contribution in [0.1, 0.15) is 30.9 Å². The summed E-state index contributed by atoms with van der Waals surface area (Å²) in [5.41, 5.74) is 0.681. The molecule has 2 aromatic rings. The first-order chi connectivity index (χ1) is 12.2. The van der Waals surface area contributed by atoms with Crippen molar-refractivity contribution in [2.24, 2.45) is 0 Å². The van der Waals surface area contributed by atoms with Crippen LogP contribution in [0.15, 0.2) is 47.8 Å². The summed E-state index contributed by atoms with van der Waals surface area (Å²) < 4.78 is 1.30. The van der Waals surface area contributed by atoms with Gasteiger partial charge in [0.15, 0.2) is 0 Å². The van der Waals surface area contributed by atoms with Gasteiger partial charge in [-0.15, -0.1) is 0 Å². The van der Waals surface area contributed by atoms with E-state index in [4.69, 9.17) is 0 Å². The van der Waals surface area contributed by atoms with E-state index in [2.05, 4.69) is 20.2 Å². The summed E-state index contributed by atoms with van der Waals surface area (Å²) in [7, 11) is 0. The Morgan fingerprint density at radius 3 is 2.76 bits per heavy atom. The van der Waals surface area contributed by atoms with E-state index in [9.17, 15) is 9.59 Å². The Morgan fingerprint density at radius 1 is 1.20 bits per heavy atom. The normalized spacial score (nSPS) is 16.3. The van der Waals surface area contributed by atoms with Crippen LogP contribution in [0.5, 0.6) is 0 Å². The van der Waals surface area contributed by atoms with E-state index >= 15 is 0 Å². The second-order valence-corrected chi connectivity index (χ2v) is 6.23. The molecule has 0 radical (unpaired) electrons. The molecule has 7 heteroatoms. The van der Waals surface area contributed by atoms with Gasteiger partial charge < -0.3 is 5.32 Å². The second-order valence-electron chi connectivity index (χ2n) is 6.23. The van der Waals surface area contributed by atoms with Crippen LogP contribution in [-0.2, 0) is 11.3 Å². The molecule has 0 bridgehead atoms. The quantitative estimate of drug-likeness (QED) is 0.847. The van der Waals surface area contributed by atoms with Gasteiger partial charge in [0.1, 0.15) is 6.54 Å². The predicted octanol–water partition coefficient (Wildman–Crippen LogP) is 0.982. The topological polar surface area (TPSA) is 80.1 Å². The third-order valence-corrected chi connectivity index (χ3v) is 4.49. The van der Waals surface area contributed by atoms with E-state index in [1.54, 1.807) is 18.5 Å². The van der Waals surface area contributed by atoms with Crippen molar-refractivity contribution in [3.63, 3.8) is 0 Å². The standard InChI is InChI=1S/C18H23N5O2/c24-17(14-23-11-5-8-20-18(23)25)21-13-16(15-6-4-7-19-12-15)22-9-2-1-3-10-22/h4-8,11-12,16H,1-3,9-10,13-14H2,(H,21,24). The minimum atomic E-state index is -0.419. The number of nitrogens with one attached hydrogen (secondary N) is 1. The van der Waals surface area contributed by atoms with Crippen molar-refractivity contribution in [1.29, 1.82) is 0 Å². The SMILES string of the molecule is O=C(Cn1cccnc1=O)NCC(c1cccnc1)N1CCCCC1. The van der Waals surface area contributed by atoms with Gasteiger partial charge in [-0.25, -0.2) is 9.78 Å². The third kappa shape index (κ3) is 4.73. The molecule has 1 fully saturated rings. The van der Waals surface area contributed by atoms with Crippen LogP contribution in [0.25, 0.3) is 0 Å². The average Bonchev–Trinajstić information content (AvgIpc) is 2.66. The Balaban J connectivity index is 1.65. The number of carbonyl (C=O) groups excluding carboxylic acids is 1. The van der Waals surface area contributed by atoms with E-state index in [-0.39, 0.29) is 18.5 Å². The van der Waals surface area contributed by atoms with Gasteiger partial charge in [-0.1, -0.05) is 12.5 Å². The summed E-state index contributed by atoms with van der Waals surface area (Å²) in [6.07, 6.45) is 10.2. The number of hydrogen-bond donors (Lipinski definition) is 1. The van der Waals surface area contributed by atoms with Crippen LogP contribution in [0.2, 0.25) is 0 Å². The number of carbonyl (C=O) groups is 1. The van der Waals surface area contributed by atoms with Crippen LogP contribution in [-0.4, -0.2) is 45.0 Å². The van der Waals surface area contributed by atoms with E-state index in [1.807, 2.05) is 18.3 Å². The molecular weight excluding hydrogens is 318 g/mol. The van der Waals surface area contributed by atoms with Crippen LogP contribution >= 0.6 is 0 Å². The number of nitrogens with zero attached hydrogens (tertiary/aromatic N) is 4. The van der Waals surface area contributed by atoms with Gasteiger partial charge in [0.05, 0.1) is 6.04 Å². The Hall–Kier alpha value is -2.54. The highest BCUT2D eigenvalue weighted by Gasteiger charge is 2.23. The fourth-order valence-corrected chi connectivity index (χ4v) is 3.19. The van der Waals surface area contributed by atoms with Crippen molar-refractivity contribution in [2.45, 2.75) is 31.8 Å². The zero-order valence-electron chi connectivity index (χ0n) is 14.2. The lowest BCUT2D eigenvalue weighted by molar-refractivity contribution is -0.122. The number of pyridine rings is 1. The molecule has 0 aromatic carbocycles. The first-order valence-electron chi connectivity index (χ1n) is 8.66. The molecule has 1 N–H and O–H groups in total. The maximum atomic E-state index is 12.3. The molecule has 1 aliphatic heterocycles. The van der Waals surface area contributed by atoms with Gasteiger partial charge in [-0.3, -0.25) is 19.2 Å². The zero-order valence-corrected chi connectivity index (χ0v) is 14.2. The smallest absolute Gasteiger partial charge is 0.347 e. The molecule has 1 aliphatic rings. The highest BCUT2D eigenvalue weighted by Crippen LogP contribution is 2.23. The summed E-state index contributed by atoms with van der Waals surface area (Å²) in [5.74, 6) is -0.194. The first-order valence-corrected chi connectivity index (χ1v) is 8.66. The summed E-state index contributed by atoms with van der Waals surface area (Å²) in [6, 6.07) is 5.71. The van der Waals surface area contributed by atoms with Gasteiger partial charge in [-0.2, -0.15) is 0 Å². The van der Waals surface area contributed by atoms with Gasteiger partial charge in [0.25, 0.3) is 0 Å². The average molecular weight is 341 g/mol. The molecule has 0 aliphatic carbocycles. The largest absolute Gasteiger partial charge is 0.353 e. The molecule has 1 unspecified atom stereocenters. The van der Waals surface area contributed by atoms with Crippen molar-refractivity contribution in [3.8, 4) is 0 Å². The lowest BCUT2D eigenvalue weighted by Crippen LogP contribution is -2.42. The molecule has 7 nitrogen and oxygen atoms in total. The molecule has 25 heavy (non-hydrogen) atoms. The Morgan fingerprint density at radius 2 is 2.04 bits per heavy atom. The van der Waals surface area contributed by atoms with E-state index in [0.29, 0.717) is 6.54 Å². The lowest BCUT2D eigenvalue weighted by atomic mass is 10.0. The summed E-state index contributed by atoms with van der Waals surface area (Å²) in [6.45, 7) is 2.53. The van der Waals surface area contributed by atoms with Gasteiger partial charge in [0, 0.05) is 31.3 Å². The summed E-state index contributed by atoms with van der Waals surface area (Å²) in [4.78, 5) is 34.1. The third-order valence-electron chi connectivity index (χ3n) is 4.49. The van der Waals surface area contributed by atoms with Gasteiger partial charge in [0.2, 0.25) is 5.91 Å². The van der Waals surface area contributed by atoms with Crippen molar-refractivity contribution in [2.75, 3.05) is 19.6 Å². The van der Waals surface area contributed by atoms with Crippen molar-refractivity contribution < 1.29 is 4.79 Å². The molecule has 132 valence electrons. The molecule has 1 amide bonds. The van der Waals surface area contributed by atoms with E-state index < -0.39 is 5.69 Å². The molecule has 1 atom stereocenters. The summed E-state index contributed by atoms with van der Waals surface area (Å²) in [5, 5.41) is 2.96. The molecule has 3 heterocycles. The Bertz CT molecular complexity index is 740. The second kappa shape index (κ2) is 8.53. The minimum Gasteiger partial charge on any atom is -0.353 e. The monoisotopic (exact) mass is 341 g/mol. The first kappa shape index (κ1) is 17.3. The number of aromatic nitrogens is 3. The van der Waals surface area contributed by atoms with Crippen LogP contribution in [0.4, 0.5) is 0 Å². The molecule has 2 aromatic heterocycles. The fraction of sp³-hybridized carbons (Fsp3) is 0.444. The lowest BCUT2D eigenvalue weighted by Gasteiger charge is -2.34. The molecule has 1 saturated heterocycles. The minimum absolute atomic E-state index is 0.0214. The maximum absolute atomic E-state index is 12.3. The highest BCUT2D eigenvalue weighted by molar-refractivity contribution is 5.75. The molecular formula is C18H23N5O2. The van der Waals surface area contributed by atoms with Crippen LogP contribution in [0, 0.1) is 0 Å². The number of likely N-dealkylation sites (tertiary alicyclic amines) is 1. The number of rotatable bonds is 6. The van der Waals surface area contributed by atoms with Gasteiger partial charge in [-0.05, 0) is 43.6 Å². The van der Waals surface area contributed by atoms with E-state index in [1.165, 1.54) is 30.0 Å². The predicted molar refractivity (Wildman–Crippen MR) is 93.9 cm³/mol. The number of amides is 1. The van der Waals surface area contributed by atoms with Crippen molar-refractivity contribution in [3.05, 3.63) is 59.0 Å². The number of piperidine rings is 1. The van der Waals surface area contributed by atoms with E-state index in [0.717, 1.165) is 18.7 Å². The molecule has 0 saturated carbocycles. The maximum Gasteiger partial charge on any atom is 0.347 e. The van der Waals surface area contributed by atoms with Gasteiger partial charge >= 0.3 is 5.69 Å². The van der Waals surface area contributed by atoms with Crippen molar-refractivity contribution >= 4 is 5.91 Å². The Labute approximate surface area is 146 Å². The molecule has 3 rings (SSSR count).